The van der Waals surface area contributed by atoms with Gasteiger partial charge in [-0.05, 0) is 47.4 Å². The highest BCUT2D eigenvalue weighted by atomic mass is 35.5. The molecular weight excluding hydrogens is 393 g/mol. The fourth-order valence-electron chi connectivity index (χ4n) is 3.86. The predicted molar refractivity (Wildman–Crippen MR) is 112 cm³/mol. The number of carbonyl (C=O) groups is 1. The first-order valence-corrected chi connectivity index (χ1v) is 9.87. The van der Waals surface area contributed by atoms with Crippen LogP contribution in [0.25, 0.3) is 0 Å². The van der Waals surface area contributed by atoms with E-state index >= 15 is 0 Å². The van der Waals surface area contributed by atoms with Gasteiger partial charge in [0, 0.05) is 11.5 Å². The van der Waals surface area contributed by atoms with E-state index in [4.69, 9.17) is 23.2 Å². The summed E-state index contributed by atoms with van der Waals surface area (Å²) in [7, 11) is 0. The summed E-state index contributed by atoms with van der Waals surface area (Å²) in [5, 5.41) is 15.1. The van der Waals surface area contributed by atoms with Crippen LogP contribution < -0.4 is 5.32 Å². The van der Waals surface area contributed by atoms with Gasteiger partial charge in [0.05, 0.1) is 22.2 Å². The van der Waals surface area contributed by atoms with Crippen LogP contribution in [0.5, 0.6) is 0 Å². The van der Waals surface area contributed by atoms with E-state index in [-0.39, 0.29) is 11.8 Å². The second-order valence-electron chi connectivity index (χ2n) is 7.00. The van der Waals surface area contributed by atoms with Gasteiger partial charge >= 0.3 is 0 Å². The molecule has 3 aromatic rings. The topological polar surface area (TPSA) is 49.3 Å². The molecule has 0 spiro atoms. The summed E-state index contributed by atoms with van der Waals surface area (Å²) >= 11 is 12.2. The number of aliphatic hydroxyl groups excluding tert-OH is 1. The van der Waals surface area contributed by atoms with Crippen molar-refractivity contribution in [1.29, 1.82) is 0 Å². The maximum atomic E-state index is 12.6. The van der Waals surface area contributed by atoms with E-state index in [1.807, 2.05) is 54.6 Å². The van der Waals surface area contributed by atoms with Gasteiger partial charge in [0.2, 0.25) is 0 Å². The zero-order valence-electron chi connectivity index (χ0n) is 15.0. The first kappa shape index (κ1) is 19.0. The summed E-state index contributed by atoms with van der Waals surface area (Å²) < 4.78 is 0. The Balaban J connectivity index is 1.61. The minimum Gasteiger partial charge on any atom is -0.390 e. The Morgan fingerprint density at radius 3 is 2.29 bits per heavy atom. The van der Waals surface area contributed by atoms with Crippen molar-refractivity contribution in [1.82, 2.24) is 5.32 Å². The van der Waals surface area contributed by atoms with Gasteiger partial charge in [-0.2, -0.15) is 0 Å². The molecule has 3 nitrogen and oxygen atoms in total. The van der Waals surface area contributed by atoms with Crippen LogP contribution in [0.1, 0.15) is 39.0 Å². The third-order valence-electron chi connectivity index (χ3n) is 5.25. The number of nitrogens with one attached hydrogen (secondary N) is 1. The van der Waals surface area contributed by atoms with Crippen LogP contribution in [0.3, 0.4) is 0 Å². The first-order chi connectivity index (χ1) is 13.5. The molecule has 1 aliphatic carbocycles. The number of hydrogen-bond donors (Lipinski definition) is 2. The van der Waals surface area contributed by atoms with Gasteiger partial charge in [-0.1, -0.05) is 71.7 Å². The van der Waals surface area contributed by atoms with Crippen molar-refractivity contribution < 1.29 is 9.90 Å². The average Bonchev–Trinajstić information content (AvgIpc) is 2.97. The number of benzene rings is 3. The van der Waals surface area contributed by atoms with Crippen LogP contribution >= 0.6 is 23.2 Å². The van der Waals surface area contributed by atoms with E-state index in [0.29, 0.717) is 22.0 Å². The molecule has 4 rings (SSSR count). The van der Waals surface area contributed by atoms with Crippen LogP contribution in [0.4, 0.5) is 0 Å². The number of halogens is 2. The summed E-state index contributed by atoms with van der Waals surface area (Å²) in [5.41, 5.74) is 3.55. The van der Waals surface area contributed by atoms with E-state index in [2.05, 4.69) is 5.32 Å². The van der Waals surface area contributed by atoms with Crippen LogP contribution in [0.2, 0.25) is 10.0 Å². The summed E-state index contributed by atoms with van der Waals surface area (Å²) in [4.78, 5) is 12.6. The lowest BCUT2D eigenvalue weighted by Gasteiger charge is -2.22. The lowest BCUT2D eigenvalue weighted by molar-refractivity contribution is 0.0813. The molecule has 3 atom stereocenters. The van der Waals surface area contributed by atoms with Crippen LogP contribution in [0, 0.1) is 0 Å². The minimum absolute atomic E-state index is 0.144. The van der Waals surface area contributed by atoms with Gasteiger partial charge in [-0.3, -0.25) is 4.79 Å². The Morgan fingerprint density at radius 1 is 0.893 bits per heavy atom. The normalized spacial score (nSPS) is 20.6. The number of rotatable bonds is 4. The molecule has 0 fully saturated rings. The largest absolute Gasteiger partial charge is 0.390 e. The third-order valence-corrected chi connectivity index (χ3v) is 5.99. The number of amides is 1. The van der Waals surface area contributed by atoms with Crippen molar-refractivity contribution in [3.05, 3.63) is 105 Å². The maximum absolute atomic E-state index is 12.6. The van der Waals surface area contributed by atoms with Crippen molar-refractivity contribution in [3.63, 3.8) is 0 Å². The first-order valence-electron chi connectivity index (χ1n) is 9.11. The van der Waals surface area contributed by atoms with Crippen molar-refractivity contribution in [2.45, 2.75) is 24.5 Å². The molecule has 0 radical (unpaired) electrons. The lowest BCUT2D eigenvalue weighted by Crippen LogP contribution is -2.35. The molecule has 28 heavy (non-hydrogen) atoms. The third kappa shape index (κ3) is 3.66. The van der Waals surface area contributed by atoms with Gasteiger partial charge in [0.25, 0.3) is 5.91 Å². The molecule has 0 aromatic heterocycles. The van der Waals surface area contributed by atoms with Crippen LogP contribution in [0.15, 0.2) is 72.8 Å². The highest BCUT2D eigenvalue weighted by molar-refractivity contribution is 6.42. The predicted octanol–water partition coefficient (Wildman–Crippen LogP) is 5.17. The molecule has 1 aliphatic rings. The molecule has 1 amide bonds. The Morgan fingerprint density at radius 2 is 1.57 bits per heavy atom. The van der Waals surface area contributed by atoms with Gasteiger partial charge < -0.3 is 10.4 Å². The van der Waals surface area contributed by atoms with E-state index in [1.165, 1.54) is 0 Å². The zero-order valence-corrected chi connectivity index (χ0v) is 16.5. The fourth-order valence-corrected chi connectivity index (χ4v) is 4.18. The molecule has 1 unspecified atom stereocenters. The maximum Gasteiger partial charge on any atom is 0.251 e. The summed E-state index contributed by atoms with van der Waals surface area (Å²) in [5.74, 6) is -0.343. The Kier molecular flexibility index (Phi) is 5.40. The number of fused-ring (bicyclic) bond motifs is 1. The molecule has 0 heterocycles. The summed E-state index contributed by atoms with van der Waals surface area (Å²) in [6.07, 6.45) is -0.133. The summed E-state index contributed by atoms with van der Waals surface area (Å²) in [6, 6.07) is 21.9. The smallest absolute Gasteiger partial charge is 0.251 e. The highest BCUT2D eigenvalue weighted by Gasteiger charge is 2.40. The van der Waals surface area contributed by atoms with Crippen LogP contribution in [-0.2, 0) is 6.42 Å². The van der Waals surface area contributed by atoms with Gasteiger partial charge in [-0.15, -0.1) is 0 Å². The monoisotopic (exact) mass is 411 g/mol. The fraction of sp³-hybridized carbons (Fsp3) is 0.174. The molecule has 0 saturated heterocycles. The summed E-state index contributed by atoms with van der Waals surface area (Å²) in [6.45, 7) is 0. The Bertz CT molecular complexity index is 1010. The van der Waals surface area contributed by atoms with Crippen molar-refractivity contribution in [2.75, 3.05) is 0 Å². The lowest BCUT2D eigenvalue weighted by atomic mass is 9.92. The number of aliphatic hydroxyl groups is 1. The quantitative estimate of drug-likeness (QED) is 0.622. The molecule has 0 bridgehead atoms. The SMILES string of the molecule is O=C(N[C@@H]1c2ccccc2[C@H](Cc2ccc(Cl)c(Cl)c2)C1O)c1ccccc1. The number of carbonyl (C=O) groups excluding carboxylic acids is 1. The van der Waals surface area contributed by atoms with E-state index in [1.54, 1.807) is 18.2 Å². The van der Waals surface area contributed by atoms with Crippen LogP contribution in [-0.4, -0.2) is 17.1 Å². The molecule has 0 saturated carbocycles. The van der Waals surface area contributed by atoms with Crippen molar-refractivity contribution in [3.8, 4) is 0 Å². The molecule has 5 heteroatoms. The molecule has 142 valence electrons. The molecule has 0 aliphatic heterocycles. The standard InChI is InChI=1S/C23H19Cl2NO2/c24-19-11-10-14(13-20(19)25)12-18-16-8-4-5-9-17(16)21(22(18)27)26-23(28)15-6-2-1-3-7-15/h1-11,13,18,21-22,27H,12H2,(H,26,28)/t18-,21+,22?/m0/s1. The van der Waals surface area contributed by atoms with Gasteiger partial charge in [-0.25, -0.2) is 0 Å². The highest BCUT2D eigenvalue weighted by Crippen LogP contribution is 2.42. The van der Waals surface area contributed by atoms with Crippen molar-refractivity contribution in [2.24, 2.45) is 0 Å². The van der Waals surface area contributed by atoms with Crippen molar-refractivity contribution >= 4 is 29.1 Å². The minimum atomic E-state index is -0.737. The Labute approximate surface area is 173 Å². The Hall–Kier alpha value is -2.33. The molecule has 3 aromatic carbocycles. The van der Waals surface area contributed by atoms with E-state index in [0.717, 1.165) is 16.7 Å². The zero-order chi connectivity index (χ0) is 19.7. The second-order valence-corrected chi connectivity index (χ2v) is 7.81. The average molecular weight is 412 g/mol. The van der Waals surface area contributed by atoms with E-state index < -0.39 is 12.1 Å². The van der Waals surface area contributed by atoms with E-state index in [9.17, 15) is 9.90 Å². The van der Waals surface area contributed by atoms with Gasteiger partial charge in [0.1, 0.15) is 0 Å². The molecule has 2 N–H and O–H groups in total. The number of hydrogen-bond acceptors (Lipinski definition) is 2. The second kappa shape index (κ2) is 7.96. The van der Waals surface area contributed by atoms with Gasteiger partial charge in [0.15, 0.2) is 0 Å². The molecular formula is C23H19Cl2NO2.